The fraction of sp³-hybridized carbons (Fsp3) is 0.412. The Kier molecular flexibility index (Phi) is 5.21. The van der Waals surface area contributed by atoms with Crippen LogP contribution in [0.1, 0.15) is 52.2 Å². The van der Waals surface area contributed by atoms with Crippen LogP contribution in [0.3, 0.4) is 0 Å². The maximum Gasteiger partial charge on any atom is -0.00853 e. The van der Waals surface area contributed by atoms with Crippen LogP contribution in [0.5, 0.6) is 0 Å². The zero-order valence-electron chi connectivity index (χ0n) is 11.8. The van der Waals surface area contributed by atoms with Crippen molar-refractivity contribution in [2.75, 3.05) is 0 Å². The SMILES string of the molecule is C/C=c1/cc2c(c/c1=C/CC)C(C)=CC2.CC. The molecule has 0 nitrogen and oxygen atoms in total. The Morgan fingerprint density at radius 1 is 1.18 bits per heavy atom. The lowest BCUT2D eigenvalue weighted by atomic mass is 10.0. The predicted molar refractivity (Wildman–Crippen MR) is 79.3 cm³/mol. The van der Waals surface area contributed by atoms with Gasteiger partial charge in [-0.05, 0) is 59.9 Å². The van der Waals surface area contributed by atoms with Crippen LogP contribution in [-0.2, 0) is 6.42 Å². The summed E-state index contributed by atoms with van der Waals surface area (Å²) in [5.74, 6) is 0. The van der Waals surface area contributed by atoms with Gasteiger partial charge >= 0.3 is 0 Å². The van der Waals surface area contributed by atoms with Gasteiger partial charge in [0.2, 0.25) is 0 Å². The topological polar surface area (TPSA) is 0 Å². The second-order valence-corrected chi connectivity index (χ2v) is 4.13. The molecule has 0 saturated carbocycles. The molecule has 0 unspecified atom stereocenters. The highest BCUT2D eigenvalue weighted by atomic mass is 14.1. The van der Waals surface area contributed by atoms with E-state index in [0.717, 1.165) is 12.8 Å². The molecular weight excluding hydrogens is 204 g/mol. The Morgan fingerprint density at radius 2 is 1.88 bits per heavy atom. The summed E-state index contributed by atoms with van der Waals surface area (Å²) in [5, 5.41) is 2.76. The van der Waals surface area contributed by atoms with Crippen LogP contribution >= 0.6 is 0 Å². The molecule has 2 rings (SSSR count). The van der Waals surface area contributed by atoms with Gasteiger partial charge in [-0.15, -0.1) is 0 Å². The highest BCUT2D eigenvalue weighted by Crippen LogP contribution is 2.23. The molecule has 1 aromatic rings. The maximum absolute atomic E-state index is 2.34. The smallest absolute Gasteiger partial charge is 0.00853 e. The molecule has 1 aromatic carbocycles. The normalized spacial score (nSPS) is 15.2. The van der Waals surface area contributed by atoms with Gasteiger partial charge in [-0.2, -0.15) is 0 Å². The standard InChI is InChI=1S/C15H18.C2H6/c1-4-6-13-10-15-11(3)7-8-14(15)9-12(13)5-2;1-2/h5-7,9-10H,4,8H2,1-3H3;1-2H3/b12-5-,13-6-;. The van der Waals surface area contributed by atoms with Gasteiger partial charge in [-0.25, -0.2) is 0 Å². The van der Waals surface area contributed by atoms with E-state index in [1.807, 2.05) is 13.8 Å². The summed E-state index contributed by atoms with van der Waals surface area (Å²) < 4.78 is 0. The van der Waals surface area contributed by atoms with Gasteiger partial charge in [-0.1, -0.05) is 45.1 Å². The molecule has 0 saturated heterocycles. The van der Waals surface area contributed by atoms with Crippen molar-refractivity contribution < 1.29 is 0 Å². The Morgan fingerprint density at radius 3 is 2.47 bits per heavy atom. The van der Waals surface area contributed by atoms with E-state index in [2.05, 4.69) is 51.1 Å². The molecule has 0 atom stereocenters. The van der Waals surface area contributed by atoms with E-state index in [9.17, 15) is 0 Å². The summed E-state index contributed by atoms with van der Waals surface area (Å²) in [6.07, 6.45) is 9.03. The number of rotatable bonds is 1. The third kappa shape index (κ3) is 2.88. The van der Waals surface area contributed by atoms with Crippen molar-refractivity contribution in [1.82, 2.24) is 0 Å². The summed E-state index contributed by atoms with van der Waals surface area (Å²) in [6.45, 7) is 10.5. The third-order valence-corrected chi connectivity index (χ3v) is 3.10. The molecule has 0 amide bonds. The molecule has 0 fully saturated rings. The van der Waals surface area contributed by atoms with E-state index < -0.39 is 0 Å². The van der Waals surface area contributed by atoms with Crippen LogP contribution in [0.2, 0.25) is 0 Å². The van der Waals surface area contributed by atoms with Crippen molar-refractivity contribution >= 4 is 17.7 Å². The molecule has 0 heteroatoms. The van der Waals surface area contributed by atoms with E-state index in [-0.39, 0.29) is 0 Å². The average Bonchev–Trinajstić information content (AvgIpc) is 2.73. The Labute approximate surface area is 105 Å². The minimum atomic E-state index is 1.10. The fourth-order valence-electron chi connectivity index (χ4n) is 2.24. The van der Waals surface area contributed by atoms with Gasteiger partial charge in [0.1, 0.15) is 0 Å². The lowest BCUT2D eigenvalue weighted by Gasteiger charge is -2.02. The molecule has 0 spiro atoms. The van der Waals surface area contributed by atoms with Crippen LogP contribution < -0.4 is 10.4 Å². The molecule has 1 aliphatic carbocycles. The molecule has 0 N–H and O–H groups in total. The van der Waals surface area contributed by atoms with E-state index in [1.165, 1.54) is 27.1 Å². The van der Waals surface area contributed by atoms with Crippen LogP contribution in [0, 0.1) is 0 Å². The molecule has 1 aliphatic rings. The van der Waals surface area contributed by atoms with E-state index >= 15 is 0 Å². The maximum atomic E-state index is 2.34. The van der Waals surface area contributed by atoms with Crippen LogP contribution in [-0.4, -0.2) is 0 Å². The number of fused-ring (bicyclic) bond motifs is 1. The van der Waals surface area contributed by atoms with E-state index in [1.54, 1.807) is 0 Å². The fourth-order valence-corrected chi connectivity index (χ4v) is 2.24. The third-order valence-electron chi connectivity index (χ3n) is 3.10. The zero-order chi connectivity index (χ0) is 12.8. The monoisotopic (exact) mass is 228 g/mol. The number of hydrogen-bond acceptors (Lipinski definition) is 0. The van der Waals surface area contributed by atoms with Gasteiger partial charge in [0, 0.05) is 0 Å². The highest BCUT2D eigenvalue weighted by molar-refractivity contribution is 5.71. The number of benzene rings is 1. The molecule has 0 radical (unpaired) electrons. The first-order valence-electron chi connectivity index (χ1n) is 6.73. The Bertz CT molecular complexity index is 516. The lowest BCUT2D eigenvalue weighted by Crippen LogP contribution is -2.25. The summed E-state index contributed by atoms with van der Waals surface area (Å²) in [5.41, 5.74) is 4.35. The quantitative estimate of drug-likeness (QED) is 0.688. The number of hydrogen-bond donors (Lipinski definition) is 0. The summed E-state index contributed by atoms with van der Waals surface area (Å²) in [4.78, 5) is 0. The zero-order valence-corrected chi connectivity index (χ0v) is 11.8. The first kappa shape index (κ1) is 13.8. The molecular formula is C17H24. The largest absolute Gasteiger partial charge is 0.0798 e. The van der Waals surface area contributed by atoms with Gasteiger partial charge in [0.25, 0.3) is 0 Å². The van der Waals surface area contributed by atoms with Crippen molar-refractivity contribution in [3.05, 3.63) is 39.8 Å². The van der Waals surface area contributed by atoms with Gasteiger partial charge in [-0.3, -0.25) is 0 Å². The van der Waals surface area contributed by atoms with Crippen molar-refractivity contribution in [1.29, 1.82) is 0 Å². The van der Waals surface area contributed by atoms with Crippen molar-refractivity contribution in [2.24, 2.45) is 0 Å². The minimum Gasteiger partial charge on any atom is -0.0798 e. The second kappa shape index (κ2) is 6.44. The predicted octanol–water partition coefficient (Wildman–Crippen LogP) is 3.66. The van der Waals surface area contributed by atoms with Crippen LogP contribution in [0.4, 0.5) is 0 Å². The first-order valence-corrected chi connectivity index (χ1v) is 6.73. The van der Waals surface area contributed by atoms with Gasteiger partial charge in [0.05, 0.1) is 0 Å². The van der Waals surface area contributed by atoms with Crippen LogP contribution in [0.25, 0.3) is 17.7 Å². The molecule has 0 bridgehead atoms. The molecule has 92 valence electrons. The molecule has 0 aliphatic heterocycles. The number of allylic oxidation sites excluding steroid dienone is 2. The Balaban J connectivity index is 0.000000686. The minimum absolute atomic E-state index is 1.10. The van der Waals surface area contributed by atoms with E-state index in [0.29, 0.717) is 0 Å². The Hall–Kier alpha value is -1.30. The van der Waals surface area contributed by atoms with Crippen LogP contribution in [0.15, 0.2) is 18.2 Å². The second-order valence-electron chi connectivity index (χ2n) is 4.13. The summed E-state index contributed by atoms with van der Waals surface area (Å²) in [6, 6.07) is 4.68. The van der Waals surface area contributed by atoms with Crippen molar-refractivity contribution in [3.63, 3.8) is 0 Å². The average molecular weight is 228 g/mol. The van der Waals surface area contributed by atoms with Gasteiger partial charge in [0.15, 0.2) is 0 Å². The van der Waals surface area contributed by atoms with Gasteiger partial charge < -0.3 is 0 Å². The van der Waals surface area contributed by atoms with Crippen molar-refractivity contribution in [2.45, 2.75) is 47.5 Å². The summed E-state index contributed by atoms with van der Waals surface area (Å²) >= 11 is 0. The molecule has 0 heterocycles. The first-order chi connectivity index (χ1) is 8.26. The van der Waals surface area contributed by atoms with E-state index in [4.69, 9.17) is 0 Å². The molecule has 0 aromatic heterocycles. The molecule has 17 heavy (non-hydrogen) atoms. The lowest BCUT2D eigenvalue weighted by molar-refractivity contribution is 1.25. The van der Waals surface area contributed by atoms with Crippen molar-refractivity contribution in [3.8, 4) is 0 Å². The highest BCUT2D eigenvalue weighted by Gasteiger charge is 2.09. The summed E-state index contributed by atoms with van der Waals surface area (Å²) in [7, 11) is 0.